The van der Waals surface area contributed by atoms with Gasteiger partial charge in [0.2, 0.25) is 6.79 Å². The molecule has 3 rings (SSSR count). The molecule has 0 amide bonds. The Morgan fingerprint density at radius 3 is 3.00 bits per heavy atom. The Morgan fingerprint density at radius 2 is 2.21 bits per heavy atom. The van der Waals surface area contributed by atoms with E-state index in [2.05, 4.69) is 4.98 Å². The van der Waals surface area contributed by atoms with E-state index in [0.29, 0.717) is 13.2 Å². The molecule has 0 saturated heterocycles. The van der Waals surface area contributed by atoms with Gasteiger partial charge in [0.15, 0.2) is 11.5 Å². The van der Waals surface area contributed by atoms with E-state index in [0.717, 1.165) is 32.8 Å². The van der Waals surface area contributed by atoms with Crippen LogP contribution < -0.4 is 19.9 Å². The lowest BCUT2D eigenvalue weighted by atomic mass is 10.3. The molecule has 1 aliphatic heterocycles. The molecular weight excluding hydrogens is 264 g/mol. The number of rotatable bonds is 4. The molecule has 2 aromatic rings. The fourth-order valence-electron chi connectivity index (χ4n) is 1.85. The first-order valence-corrected chi connectivity index (χ1v) is 6.75. The second-order valence-corrected chi connectivity index (χ2v) is 5.29. The maximum atomic E-state index is 5.70. The van der Waals surface area contributed by atoms with E-state index in [1.807, 2.05) is 25.1 Å². The number of nitrogens with zero attached hydrogens (tertiary/aromatic N) is 1. The van der Waals surface area contributed by atoms with Gasteiger partial charge in [-0.2, -0.15) is 0 Å². The quantitative estimate of drug-likeness (QED) is 0.928. The summed E-state index contributed by atoms with van der Waals surface area (Å²) >= 11 is 1.59. The van der Waals surface area contributed by atoms with Gasteiger partial charge in [-0.1, -0.05) is 0 Å². The minimum absolute atomic E-state index is 0.268. The number of aryl methyl sites for hydroxylation is 1. The second kappa shape index (κ2) is 5.07. The Morgan fingerprint density at radius 1 is 1.37 bits per heavy atom. The minimum atomic E-state index is 0.268. The van der Waals surface area contributed by atoms with Gasteiger partial charge < -0.3 is 19.9 Å². The monoisotopic (exact) mass is 278 g/mol. The molecule has 0 fully saturated rings. The highest BCUT2D eigenvalue weighted by atomic mass is 32.1. The van der Waals surface area contributed by atoms with Crippen molar-refractivity contribution in [2.45, 2.75) is 20.1 Å². The van der Waals surface area contributed by atoms with Crippen molar-refractivity contribution in [1.29, 1.82) is 0 Å². The summed E-state index contributed by atoms with van der Waals surface area (Å²) in [7, 11) is 0. The van der Waals surface area contributed by atoms with E-state index in [4.69, 9.17) is 19.9 Å². The Kier molecular flexibility index (Phi) is 3.27. The van der Waals surface area contributed by atoms with Crippen molar-refractivity contribution in [3.63, 3.8) is 0 Å². The third-order valence-corrected chi connectivity index (χ3v) is 3.98. The van der Waals surface area contributed by atoms with Crippen LogP contribution >= 0.6 is 11.3 Å². The number of thiazole rings is 1. The summed E-state index contributed by atoms with van der Waals surface area (Å²) in [6.07, 6.45) is 0. The summed E-state index contributed by atoms with van der Waals surface area (Å²) in [6, 6.07) is 5.53. The number of ether oxygens (including phenoxy) is 3. The van der Waals surface area contributed by atoms with Crippen molar-refractivity contribution >= 4 is 11.3 Å². The molecule has 1 aromatic heterocycles. The number of hydrogen-bond donors (Lipinski definition) is 1. The topological polar surface area (TPSA) is 66.6 Å². The Labute approximate surface area is 114 Å². The Hall–Kier alpha value is -1.79. The fourth-order valence-corrected chi connectivity index (χ4v) is 2.71. The summed E-state index contributed by atoms with van der Waals surface area (Å²) < 4.78 is 16.2. The summed E-state index contributed by atoms with van der Waals surface area (Å²) in [4.78, 5) is 5.53. The lowest BCUT2D eigenvalue weighted by Crippen LogP contribution is -1.95. The summed E-state index contributed by atoms with van der Waals surface area (Å²) in [5, 5.41) is 0.926. The Balaban J connectivity index is 1.68. The van der Waals surface area contributed by atoms with Crippen LogP contribution in [0.4, 0.5) is 0 Å². The highest BCUT2D eigenvalue weighted by molar-refractivity contribution is 7.11. The van der Waals surface area contributed by atoms with Crippen molar-refractivity contribution in [1.82, 2.24) is 4.98 Å². The van der Waals surface area contributed by atoms with Crippen molar-refractivity contribution in [2.24, 2.45) is 5.73 Å². The molecule has 0 atom stereocenters. The van der Waals surface area contributed by atoms with Crippen LogP contribution in [0, 0.1) is 6.92 Å². The zero-order chi connectivity index (χ0) is 13.2. The average Bonchev–Trinajstić information content (AvgIpc) is 3.01. The van der Waals surface area contributed by atoms with Crippen LogP contribution in [0.25, 0.3) is 0 Å². The molecule has 1 aliphatic rings. The van der Waals surface area contributed by atoms with Crippen LogP contribution in [0.1, 0.15) is 15.6 Å². The molecular formula is C13H14N2O3S. The molecule has 6 heteroatoms. The third-order valence-electron chi connectivity index (χ3n) is 2.83. The highest BCUT2D eigenvalue weighted by Gasteiger charge is 2.14. The maximum Gasteiger partial charge on any atom is 0.231 e. The summed E-state index contributed by atoms with van der Waals surface area (Å²) in [5.41, 5.74) is 6.62. The van der Waals surface area contributed by atoms with E-state index in [1.165, 1.54) is 0 Å². The SMILES string of the molecule is Cc1nc(COc2ccc3c(c2)OCO3)sc1CN. The minimum Gasteiger partial charge on any atom is -0.486 e. The molecule has 5 nitrogen and oxygen atoms in total. The van der Waals surface area contributed by atoms with Crippen molar-refractivity contribution < 1.29 is 14.2 Å². The molecule has 2 N–H and O–H groups in total. The first-order chi connectivity index (χ1) is 9.26. The summed E-state index contributed by atoms with van der Waals surface area (Å²) in [6.45, 7) is 3.19. The average molecular weight is 278 g/mol. The second-order valence-electron chi connectivity index (χ2n) is 4.12. The van der Waals surface area contributed by atoms with Crippen LogP contribution in [0.15, 0.2) is 18.2 Å². The first kappa shape index (κ1) is 12.3. The molecule has 0 spiro atoms. The van der Waals surface area contributed by atoms with Crippen molar-refractivity contribution in [3.8, 4) is 17.2 Å². The number of benzene rings is 1. The van der Waals surface area contributed by atoms with E-state index in [-0.39, 0.29) is 6.79 Å². The van der Waals surface area contributed by atoms with Gasteiger partial charge in [0.25, 0.3) is 0 Å². The molecule has 100 valence electrons. The van der Waals surface area contributed by atoms with Crippen LogP contribution in [0.5, 0.6) is 17.2 Å². The molecule has 0 aliphatic carbocycles. The normalized spacial score (nSPS) is 12.7. The Bertz CT molecular complexity index is 598. The van der Waals surface area contributed by atoms with Crippen molar-refractivity contribution in [3.05, 3.63) is 33.8 Å². The predicted molar refractivity (Wildman–Crippen MR) is 71.6 cm³/mol. The number of aromatic nitrogens is 1. The molecule has 0 radical (unpaired) electrons. The fraction of sp³-hybridized carbons (Fsp3) is 0.308. The van der Waals surface area contributed by atoms with Crippen LogP contribution in [-0.4, -0.2) is 11.8 Å². The van der Waals surface area contributed by atoms with E-state index >= 15 is 0 Å². The van der Waals surface area contributed by atoms with Crippen molar-refractivity contribution in [2.75, 3.05) is 6.79 Å². The van der Waals surface area contributed by atoms with E-state index < -0.39 is 0 Å². The van der Waals surface area contributed by atoms with Crippen LogP contribution in [0.2, 0.25) is 0 Å². The third kappa shape index (κ3) is 2.50. The molecule has 0 bridgehead atoms. The molecule has 1 aromatic carbocycles. The van der Waals surface area contributed by atoms with Crippen LogP contribution in [-0.2, 0) is 13.2 Å². The zero-order valence-corrected chi connectivity index (χ0v) is 11.3. The van der Waals surface area contributed by atoms with Crippen LogP contribution in [0.3, 0.4) is 0 Å². The van der Waals surface area contributed by atoms with Gasteiger partial charge in [-0.25, -0.2) is 4.98 Å². The van der Waals surface area contributed by atoms with Gasteiger partial charge >= 0.3 is 0 Å². The number of nitrogens with two attached hydrogens (primary N) is 1. The van der Waals surface area contributed by atoms with Gasteiger partial charge in [-0.05, 0) is 19.1 Å². The number of hydrogen-bond acceptors (Lipinski definition) is 6. The largest absolute Gasteiger partial charge is 0.486 e. The maximum absolute atomic E-state index is 5.70. The molecule has 0 unspecified atom stereocenters. The van der Waals surface area contributed by atoms with Gasteiger partial charge in [0, 0.05) is 17.5 Å². The lowest BCUT2D eigenvalue weighted by molar-refractivity contribution is 0.173. The molecule has 2 heterocycles. The van der Waals surface area contributed by atoms with Gasteiger partial charge in [0.05, 0.1) is 5.69 Å². The van der Waals surface area contributed by atoms with Gasteiger partial charge in [-0.15, -0.1) is 11.3 Å². The first-order valence-electron chi connectivity index (χ1n) is 5.94. The predicted octanol–water partition coefficient (Wildman–Crippen LogP) is 2.22. The van der Waals surface area contributed by atoms with Gasteiger partial charge in [0.1, 0.15) is 17.4 Å². The summed E-state index contributed by atoms with van der Waals surface area (Å²) in [5.74, 6) is 2.21. The number of fused-ring (bicyclic) bond motifs is 1. The standard InChI is InChI=1S/C13H14N2O3S/c1-8-12(5-14)19-13(15-8)6-16-9-2-3-10-11(4-9)18-7-17-10/h2-4H,5-7,14H2,1H3. The zero-order valence-electron chi connectivity index (χ0n) is 10.5. The smallest absolute Gasteiger partial charge is 0.231 e. The van der Waals surface area contributed by atoms with E-state index in [9.17, 15) is 0 Å². The molecule has 19 heavy (non-hydrogen) atoms. The molecule has 0 saturated carbocycles. The van der Waals surface area contributed by atoms with Gasteiger partial charge in [-0.3, -0.25) is 0 Å². The van der Waals surface area contributed by atoms with E-state index in [1.54, 1.807) is 11.3 Å². The highest BCUT2D eigenvalue weighted by Crippen LogP contribution is 2.35. The lowest BCUT2D eigenvalue weighted by Gasteiger charge is -2.04.